The van der Waals surface area contributed by atoms with Crippen molar-refractivity contribution in [3.63, 3.8) is 0 Å². The van der Waals surface area contributed by atoms with E-state index in [1.165, 1.54) is 11.3 Å². The third-order valence-electron chi connectivity index (χ3n) is 3.46. The van der Waals surface area contributed by atoms with Crippen LogP contribution in [0.25, 0.3) is 15.3 Å². The van der Waals surface area contributed by atoms with E-state index in [4.69, 9.17) is 5.11 Å². The molecule has 7 heteroatoms. The van der Waals surface area contributed by atoms with Crippen molar-refractivity contribution in [1.29, 1.82) is 0 Å². The first-order valence-electron chi connectivity index (χ1n) is 6.37. The number of carbonyl (C=O) groups is 1. The van der Waals surface area contributed by atoms with Crippen LogP contribution in [0.3, 0.4) is 0 Å². The van der Waals surface area contributed by atoms with Gasteiger partial charge in [-0.2, -0.15) is 0 Å². The molecule has 0 spiro atoms. The molecular weight excluding hydrogens is 294 g/mol. The Morgan fingerprint density at radius 1 is 1.55 bits per heavy atom. The van der Waals surface area contributed by atoms with Gasteiger partial charge in [0.05, 0.1) is 10.4 Å². The molecule has 2 N–H and O–H groups in total. The van der Waals surface area contributed by atoms with Crippen LogP contribution in [0.2, 0.25) is 0 Å². The van der Waals surface area contributed by atoms with Gasteiger partial charge in [-0.15, -0.1) is 22.7 Å². The minimum absolute atomic E-state index is 0.0355. The second-order valence-corrected chi connectivity index (χ2v) is 6.79. The van der Waals surface area contributed by atoms with E-state index in [-0.39, 0.29) is 24.5 Å². The summed E-state index contributed by atoms with van der Waals surface area (Å²) >= 11 is 2.98. The quantitative estimate of drug-likeness (QED) is 0.777. The monoisotopic (exact) mass is 309 g/mol. The van der Waals surface area contributed by atoms with Crippen molar-refractivity contribution in [2.24, 2.45) is 5.92 Å². The Balaban J connectivity index is 1.86. The summed E-state index contributed by atoms with van der Waals surface area (Å²) in [5, 5.41) is 14.0. The molecule has 1 amide bonds. The van der Waals surface area contributed by atoms with E-state index in [0.29, 0.717) is 4.88 Å². The van der Waals surface area contributed by atoms with Crippen molar-refractivity contribution >= 4 is 43.9 Å². The van der Waals surface area contributed by atoms with E-state index >= 15 is 0 Å². The lowest BCUT2D eigenvalue weighted by Crippen LogP contribution is -2.38. The summed E-state index contributed by atoms with van der Waals surface area (Å²) in [6.45, 7) is 3.87. The van der Waals surface area contributed by atoms with Gasteiger partial charge in [0, 0.05) is 24.2 Å². The third-order valence-corrected chi connectivity index (χ3v) is 5.24. The van der Waals surface area contributed by atoms with Crippen LogP contribution in [-0.4, -0.2) is 33.0 Å². The van der Waals surface area contributed by atoms with Gasteiger partial charge < -0.3 is 10.4 Å². The lowest BCUT2D eigenvalue weighted by Gasteiger charge is -2.18. The minimum Gasteiger partial charge on any atom is -0.396 e. The number of thiazole rings is 1. The number of hydrogen-bond donors (Lipinski definition) is 2. The average Bonchev–Trinajstić information content (AvgIpc) is 3.08. The fourth-order valence-electron chi connectivity index (χ4n) is 1.94. The standard InChI is InChI=1S/C13H15N3O2S2/c1-7(6-17)8(2)14-11(18)10-5-9-12(20-10)15-13-16(9)3-4-19-13/h3-5,7-8,17H,6H2,1-2H3,(H,14,18). The summed E-state index contributed by atoms with van der Waals surface area (Å²) in [4.78, 5) is 19.2. The van der Waals surface area contributed by atoms with E-state index < -0.39 is 0 Å². The molecule has 0 aliphatic heterocycles. The predicted octanol–water partition coefficient (Wildman–Crippen LogP) is 2.36. The second-order valence-electron chi connectivity index (χ2n) is 4.89. The van der Waals surface area contributed by atoms with Crippen molar-refractivity contribution < 1.29 is 9.90 Å². The molecule has 0 saturated carbocycles. The largest absolute Gasteiger partial charge is 0.396 e. The second kappa shape index (κ2) is 5.16. The summed E-state index contributed by atoms with van der Waals surface area (Å²) in [5.74, 6) is -0.0712. The van der Waals surface area contributed by atoms with Crippen LogP contribution in [0, 0.1) is 5.92 Å². The summed E-state index contributed by atoms with van der Waals surface area (Å²) in [6, 6.07) is 1.81. The average molecular weight is 309 g/mol. The maximum Gasteiger partial charge on any atom is 0.261 e. The Bertz CT molecular complexity index is 758. The van der Waals surface area contributed by atoms with Gasteiger partial charge in [-0.1, -0.05) is 6.92 Å². The number of imidazole rings is 1. The Morgan fingerprint density at radius 2 is 2.35 bits per heavy atom. The first-order valence-corrected chi connectivity index (χ1v) is 8.06. The zero-order valence-corrected chi connectivity index (χ0v) is 12.8. The maximum atomic E-state index is 12.2. The van der Waals surface area contributed by atoms with Crippen molar-refractivity contribution in [1.82, 2.24) is 14.7 Å². The van der Waals surface area contributed by atoms with Crippen LogP contribution < -0.4 is 5.32 Å². The fourth-order valence-corrected chi connectivity index (χ4v) is 3.64. The number of hydrogen-bond acceptors (Lipinski definition) is 5. The van der Waals surface area contributed by atoms with Crippen molar-refractivity contribution in [2.45, 2.75) is 19.9 Å². The predicted molar refractivity (Wildman–Crippen MR) is 81.6 cm³/mol. The highest BCUT2D eigenvalue weighted by molar-refractivity contribution is 7.21. The van der Waals surface area contributed by atoms with E-state index in [1.54, 1.807) is 11.3 Å². The molecule has 5 nitrogen and oxygen atoms in total. The lowest BCUT2D eigenvalue weighted by molar-refractivity contribution is 0.0920. The SMILES string of the molecule is CC(CO)C(C)NC(=O)c1cc2c(nc3sccn32)s1. The van der Waals surface area contributed by atoms with Gasteiger partial charge in [-0.3, -0.25) is 9.20 Å². The maximum absolute atomic E-state index is 12.2. The highest BCUT2D eigenvalue weighted by Crippen LogP contribution is 2.28. The van der Waals surface area contributed by atoms with Crippen LogP contribution >= 0.6 is 22.7 Å². The molecule has 3 aromatic heterocycles. The molecule has 106 valence electrons. The molecular formula is C13H15N3O2S2. The zero-order valence-electron chi connectivity index (χ0n) is 11.2. The number of rotatable bonds is 4. The first kappa shape index (κ1) is 13.5. The third kappa shape index (κ3) is 2.21. The summed E-state index contributed by atoms with van der Waals surface area (Å²) < 4.78 is 1.99. The molecule has 0 radical (unpaired) electrons. The van der Waals surface area contributed by atoms with Gasteiger partial charge in [-0.05, 0) is 18.9 Å². The van der Waals surface area contributed by atoms with Crippen LogP contribution in [0.1, 0.15) is 23.5 Å². The normalized spacial score (nSPS) is 14.8. The Labute approximate surface area is 123 Å². The van der Waals surface area contributed by atoms with E-state index in [1.807, 2.05) is 35.9 Å². The number of carbonyl (C=O) groups excluding carboxylic acids is 1. The summed E-state index contributed by atoms with van der Waals surface area (Å²) in [5.41, 5.74) is 0.972. The van der Waals surface area contributed by atoms with Crippen molar-refractivity contribution in [3.05, 3.63) is 22.5 Å². The highest BCUT2D eigenvalue weighted by Gasteiger charge is 2.18. The van der Waals surface area contributed by atoms with E-state index in [0.717, 1.165) is 15.3 Å². The number of aromatic nitrogens is 2. The molecule has 0 saturated heterocycles. The fraction of sp³-hybridized carbons (Fsp3) is 0.385. The Hall–Kier alpha value is -1.44. The Morgan fingerprint density at radius 3 is 3.10 bits per heavy atom. The molecule has 3 heterocycles. The van der Waals surface area contributed by atoms with Crippen molar-refractivity contribution in [3.8, 4) is 0 Å². The molecule has 0 aliphatic carbocycles. The van der Waals surface area contributed by atoms with Crippen LogP contribution in [0.4, 0.5) is 0 Å². The number of amides is 1. The number of thiophene rings is 1. The van der Waals surface area contributed by atoms with Gasteiger partial charge in [-0.25, -0.2) is 4.98 Å². The van der Waals surface area contributed by atoms with Crippen molar-refractivity contribution in [2.75, 3.05) is 6.61 Å². The summed E-state index contributed by atoms with van der Waals surface area (Å²) in [6.07, 6.45) is 1.96. The minimum atomic E-state index is -0.107. The molecule has 0 aliphatic rings. The number of aliphatic hydroxyl groups excluding tert-OH is 1. The van der Waals surface area contributed by atoms with Crippen LogP contribution in [-0.2, 0) is 0 Å². The molecule has 20 heavy (non-hydrogen) atoms. The molecule has 0 bridgehead atoms. The summed E-state index contributed by atoms with van der Waals surface area (Å²) in [7, 11) is 0. The van der Waals surface area contributed by atoms with Gasteiger partial charge in [0.15, 0.2) is 4.96 Å². The Kier molecular flexibility index (Phi) is 3.49. The number of nitrogens with one attached hydrogen (secondary N) is 1. The van der Waals surface area contributed by atoms with Crippen LogP contribution in [0.15, 0.2) is 17.6 Å². The van der Waals surface area contributed by atoms with E-state index in [9.17, 15) is 4.79 Å². The zero-order chi connectivity index (χ0) is 14.3. The van der Waals surface area contributed by atoms with Gasteiger partial charge >= 0.3 is 0 Å². The number of aliphatic hydroxyl groups is 1. The first-order chi connectivity index (χ1) is 9.60. The highest BCUT2D eigenvalue weighted by atomic mass is 32.1. The van der Waals surface area contributed by atoms with Gasteiger partial charge in [0.2, 0.25) is 0 Å². The molecule has 2 atom stereocenters. The molecule has 0 fully saturated rings. The number of nitrogens with zero attached hydrogens (tertiary/aromatic N) is 2. The molecule has 2 unspecified atom stereocenters. The molecule has 0 aromatic carbocycles. The lowest BCUT2D eigenvalue weighted by atomic mass is 10.1. The molecule has 3 aromatic rings. The smallest absolute Gasteiger partial charge is 0.261 e. The molecule has 3 rings (SSSR count). The van der Waals surface area contributed by atoms with E-state index in [2.05, 4.69) is 10.3 Å². The number of fused-ring (bicyclic) bond motifs is 3. The van der Waals surface area contributed by atoms with Gasteiger partial charge in [0.25, 0.3) is 5.91 Å². The van der Waals surface area contributed by atoms with Crippen LogP contribution in [0.5, 0.6) is 0 Å². The topological polar surface area (TPSA) is 66.6 Å². The van der Waals surface area contributed by atoms with Gasteiger partial charge in [0.1, 0.15) is 4.83 Å².